The van der Waals surface area contributed by atoms with Crippen molar-refractivity contribution in [3.05, 3.63) is 29.3 Å². The van der Waals surface area contributed by atoms with Crippen LogP contribution in [0.2, 0.25) is 5.02 Å². The number of rotatable bonds is 3. The van der Waals surface area contributed by atoms with E-state index in [4.69, 9.17) is 17.3 Å². The maximum Gasteiger partial charge on any atom is 0.227 e. The van der Waals surface area contributed by atoms with E-state index in [9.17, 15) is 4.79 Å². The average Bonchev–Trinajstić information content (AvgIpc) is 2.41. The number of benzene rings is 1. The number of carbonyl (C=O) groups is 1. The monoisotopic (exact) mass is 302 g/mol. The van der Waals surface area contributed by atoms with Crippen molar-refractivity contribution in [2.24, 2.45) is 17.6 Å². The average molecular weight is 303 g/mol. The van der Waals surface area contributed by atoms with Gasteiger partial charge in [0.25, 0.3) is 0 Å². The lowest BCUT2D eigenvalue weighted by Crippen LogP contribution is -2.29. The summed E-state index contributed by atoms with van der Waals surface area (Å²) in [6.07, 6.45) is 4.02. The molecule has 0 bridgehead atoms. The number of halogens is 2. The SMILES string of the molecule is Cl.NCC1CCC(C(=O)Nc2ccc(Cl)cc2)CC1. The summed E-state index contributed by atoms with van der Waals surface area (Å²) < 4.78 is 0. The van der Waals surface area contributed by atoms with E-state index >= 15 is 0 Å². The zero-order valence-corrected chi connectivity index (χ0v) is 12.3. The second-order valence-electron chi connectivity index (χ2n) is 4.95. The number of hydrogen-bond donors (Lipinski definition) is 2. The van der Waals surface area contributed by atoms with Crippen LogP contribution in [0.25, 0.3) is 0 Å². The summed E-state index contributed by atoms with van der Waals surface area (Å²) in [6.45, 7) is 0.742. The maximum absolute atomic E-state index is 12.1. The zero-order valence-electron chi connectivity index (χ0n) is 10.8. The molecule has 0 aliphatic heterocycles. The van der Waals surface area contributed by atoms with Crippen LogP contribution in [0, 0.1) is 11.8 Å². The normalized spacial score (nSPS) is 22.4. The minimum absolute atomic E-state index is 0. The molecule has 0 radical (unpaired) electrons. The summed E-state index contributed by atoms with van der Waals surface area (Å²) >= 11 is 5.80. The Bertz CT molecular complexity index is 400. The minimum atomic E-state index is 0. The molecule has 1 amide bonds. The van der Waals surface area contributed by atoms with Gasteiger partial charge in [0, 0.05) is 16.6 Å². The number of nitrogens with two attached hydrogens (primary N) is 1. The first-order valence-corrected chi connectivity index (χ1v) is 6.83. The van der Waals surface area contributed by atoms with Crippen LogP contribution in [0.5, 0.6) is 0 Å². The van der Waals surface area contributed by atoms with Gasteiger partial charge in [-0.2, -0.15) is 0 Å². The first-order chi connectivity index (χ1) is 8.69. The highest BCUT2D eigenvalue weighted by Gasteiger charge is 2.25. The van der Waals surface area contributed by atoms with E-state index < -0.39 is 0 Å². The van der Waals surface area contributed by atoms with Crippen LogP contribution in [0.4, 0.5) is 5.69 Å². The lowest BCUT2D eigenvalue weighted by molar-refractivity contribution is -0.121. The van der Waals surface area contributed by atoms with E-state index in [1.54, 1.807) is 12.1 Å². The third kappa shape index (κ3) is 4.68. The van der Waals surface area contributed by atoms with Gasteiger partial charge in [-0.05, 0) is 62.4 Å². The summed E-state index contributed by atoms with van der Waals surface area (Å²) in [4.78, 5) is 12.1. The van der Waals surface area contributed by atoms with Crippen molar-refractivity contribution in [3.63, 3.8) is 0 Å². The molecule has 1 aliphatic carbocycles. The number of anilines is 1. The van der Waals surface area contributed by atoms with E-state index in [2.05, 4.69) is 5.32 Å². The second kappa shape index (κ2) is 7.73. The predicted molar refractivity (Wildman–Crippen MR) is 81.8 cm³/mol. The van der Waals surface area contributed by atoms with Gasteiger partial charge in [-0.25, -0.2) is 0 Å². The topological polar surface area (TPSA) is 55.1 Å². The molecule has 0 atom stereocenters. The van der Waals surface area contributed by atoms with Crippen molar-refractivity contribution >= 4 is 35.6 Å². The third-order valence-corrected chi connectivity index (χ3v) is 3.91. The molecular weight excluding hydrogens is 283 g/mol. The Hall–Kier alpha value is -0.770. The zero-order chi connectivity index (χ0) is 13.0. The highest BCUT2D eigenvalue weighted by atomic mass is 35.5. The van der Waals surface area contributed by atoms with Gasteiger partial charge in [0.15, 0.2) is 0 Å². The van der Waals surface area contributed by atoms with E-state index in [-0.39, 0.29) is 24.2 Å². The Morgan fingerprint density at radius 1 is 1.21 bits per heavy atom. The van der Waals surface area contributed by atoms with Crippen LogP contribution in [0.15, 0.2) is 24.3 Å². The van der Waals surface area contributed by atoms with Gasteiger partial charge in [-0.3, -0.25) is 4.79 Å². The van der Waals surface area contributed by atoms with Gasteiger partial charge in [0.2, 0.25) is 5.91 Å². The van der Waals surface area contributed by atoms with Crippen LogP contribution in [-0.2, 0) is 4.79 Å². The molecule has 0 spiro atoms. The smallest absolute Gasteiger partial charge is 0.227 e. The summed E-state index contributed by atoms with van der Waals surface area (Å²) in [5.41, 5.74) is 6.46. The Morgan fingerprint density at radius 3 is 2.32 bits per heavy atom. The summed E-state index contributed by atoms with van der Waals surface area (Å²) in [7, 11) is 0. The van der Waals surface area contributed by atoms with Gasteiger partial charge >= 0.3 is 0 Å². The van der Waals surface area contributed by atoms with Crippen LogP contribution in [0.1, 0.15) is 25.7 Å². The molecule has 3 nitrogen and oxygen atoms in total. The lowest BCUT2D eigenvalue weighted by Gasteiger charge is -2.26. The number of nitrogens with one attached hydrogen (secondary N) is 1. The van der Waals surface area contributed by atoms with Crippen LogP contribution < -0.4 is 11.1 Å². The highest BCUT2D eigenvalue weighted by molar-refractivity contribution is 6.30. The van der Waals surface area contributed by atoms with Crippen molar-refractivity contribution in [3.8, 4) is 0 Å². The first kappa shape index (κ1) is 16.3. The number of hydrogen-bond acceptors (Lipinski definition) is 2. The molecule has 1 saturated carbocycles. The van der Waals surface area contributed by atoms with Gasteiger partial charge in [-0.15, -0.1) is 12.4 Å². The minimum Gasteiger partial charge on any atom is -0.330 e. The Kier molecular flexibility index (Phi) is 6.63. The molecule has 0 unspecified atom stereocenters. The first-order valence-electron chi connectivity index (χ1n) is 6.45. The fourth-order valence-corrected chi connectivity index (χ4v) is 2.56. The van der Waals surface area contributed by atoms with Crippen molar-refractivity contribution in [1.29, 1.82) is 0 Å². The van der Waals surface area contributed by atoms with Crippen LogP contribution >= 0.6 is 24.0 Å². The predicted octanol–water partition coefficient (Wildman–Crippen LogP) is 3.47. The molecule has 0 aromatic heterocycles. The van der Waals surface area contributed by atoms with E-state index in [0.717, 1.165) is 37.9 Å². The molecule has 1 aromatic carbocycles. The Morgan fingerprint density at radius 2 is 1.79 bits per heavy atom. The maximum atomic E-state index is 12.1. The van der Waals surface area contributed by atoms with E-state index in [0.29, 0.717) is 10.9 Å². The summed E-state index contributed by atoms with van der Waals surface area (Å²) in [6, 6.07) is 7.21. The fraction of sp³-hybridized carbons (Fsp3) is 0.500. The molecule has 2 rings (SSSR count). The highest BCUT2D eigenvalue weighted by Crippen LogP contribution is 2.29. The molecule has 1 fully saturated rings. The van der Waals surface area contributed by atoms with Gasteiger partial charge < -0.3 is 11.1 Å². The van der Waals surface area contributed by atoms with Gasteiger partial charge in [0.05, 0.1) is 0 Å². The summed E-state index contributed by atoms with van der Waals surface area (Å²) in [5.74, 6) is 0.848. The standard InChI is InChI=1S/C14H19ClN2O.ClH/c15-12-5-7-13(8-6-12)17-14(18)11-3-1-10(9-16)2-4-11;/h5-8,10-11H,1-4,9,16H2,(H,17,18);1H. The number of amides is 1. The molecule has 5 heteroatoms. The molecular formula is C14H20Cl2N2O. The quantitative estimate of drug-likeness (QED) is 0.898. The van der Waals surface area contributed by atoms with Gasteiger partial charge in [0.1, 0.15) is 0 Å². The second-order valence-corrected chi connectivity index (χ2v) is 5.39. The Labute approximate surface area is 125 Å². The fourth-order valence-electron chi connectivity index (χ4n) is 2.44. The van der Waals surface area contributed by atoms with Crippen molar-refractivity contribution in [1.82, 2.24) is 0 Å². The van der Waals surface area contributed by atoms with E-state index in [1.165, 1.54) is 0 Å². The van der Waals surface area contributed by atoms with Crippen molar-refractivity contribution < 1.29 is 4.79 Å². The molecule has 106 valence electrons. The largest absolute Gasteiger partial charge is 0.330 e. The van der Waals surface area contributed by atoms with Gasteiger partial charge in [-0.1, -0.05) is 11.6 Å². The molecule has 1 aliphatic rings. The molecule has 1 aromatic rings. The third-order valence-electron chi connectivity index (χ3n) is 3.66. The van der Waals surface area contributed by atoms with Crippen LogP contribution in [0.3, 0.4) is 0 Å². The molecule has 3 N–H and O–H groups in total. The Balaban J connectivity index is 0.00000180. The van der Waals surface area contributed by atoms with Crippen molar-refractivity contribution in [2.75, 3.05) is 11.9 Å². The molecule has 0 saturated heterocycles. The number of carbonyl (C=O) groups excluding carboxylic acids is 1. The summed E-state index contributed by atoms with van der Waals surface area (Å²) in [5, 5.41) is 3.62. The molecule has 19 heavy (non-hydrogen) atoms. The lowest BCUT2D eigenvalue weighted by atomic mass is 9.81. The molecule has 0 heterocycles. The van der Waals surface area contributed by atoms with Crippen molar-refractivity contribution in [2.45, 2.75) is 25.7 Å². The van der Waals surface area contributed by atoms with E-state index in [1.807, 2.05) is 12.1 Å². The van der Waals surface area contributed by atoms with Crippen LogP contribution in [-0.4, -0.2) is 12.5 Å².